The fourth-order valence-electron chi connectivity index (χ4n) is 2.78. The molecule has 0 aromatic heterocycles. The third-order valence-corrected chi connectivity index (χ3v) is 4.09. The summed E-state index contributed by atoms with van der Waals surface area (Å²) in [6.07, 6.45) is 4.15. The van der Waals surface area contributed by atoms with Gasteiger partial charge in [0.25, 0.3) is 0 Å². The number of ether oxygens (including phenoxy) is 1. The predicted octanol–water partition coefficient (Wildman–Crippen LogP) is 0.0338. The highest BCUT2D eigenvalue weighted by Crippen LogP contribution is 2.22. The van der Waals surface area contributed by atoms with Crippen molar-refractivity contribution in [2.45, 2.75) is 37.6 Å². The standard InChI is InChI=1S/C13H24N2O3/c16-10-13(3-7-18-8-4-13)15-12(17)9-11-1-5-14-6-2-11/h11,14,16H,1-10H2,(H,15,17). The van der Waals surface area contributed by atoms with Gasteiger partial charge in [0.05, 0.1) is 12.1 Å². The van der Waals surface area contributed by atoms with E-state index < -0.39 is 5.54 Å². The number of carbonyl (C=O) groups is 1. The minimum atomic E-state index is -0.442. The van der Waals surface area contributed by atoms with E-state index in [1.54, 1.807) is 0 Å². The first-order valence-corrected chi connectivity index (χ1v) is 6.94. The summed E-state index contributed by atoms with van der Waals surface area (Å²) in [5, 5.41) is 15.9. The molecule has 2 aliphatic rings. The molecule has 2 fully saturated rings. The van der Waals surface area contributed by atoms with Crippen LogP contribution < -0.4 is 10.6 Å². The Hall–Kier alpha value is -0.650. The summed E-state index contributed by atoms with van der Waals surface area (Å²) in [5.74, 6) is 0.569. The van der Waals surface area contributed by atoms with Crippen LogP contribution in [0.5, 0.6) is 0 Å². The number of hydrogen-bond acceptors (Lipinski definition) is 4. The summed E-state index contributed by atoms with van der Waals surface area (Å²) in [6.45, 7) is 3.27. The second kappa shape index (κ2) is 6.50. The van der Waals surface area contributed by atoms with Gasteiger partial charge in [0.1, 0.15) is 0 Å². The molecule has 0 aromatic carbocycles. The maximum Gasteiger partial charge on any atom is 0.220 e. The molecule has 0 bridgehead atoms. The lowest BCUT2D eigenvalue weighted by Gasteiger charge is -2.36. The van der Waals surface area contributed by atoms with Gasteiger partial charge in [0.2, 0.25) is 5.91 Å². The molecule has 0 aromatic rings. The topological polar surface area (TPSA) is 70.6 Å². The highest BCUT2D eigenvalue weighted by Gasteiger charge is 2.33. The first-order valence-electron chi connectivity index (χ1n) is 6.94. The number of amides is 1. The fraction of sp³-hybridized carbons (Fsp3) is 0.923. The summed E-state index contributed by atoms with van der Waals surface area (Å²) >= 11 is 0. The molecule has 1 amide bonds. The molecule has 0 unspecified atom stereocenters. The van der Waals surface area contributed by atoms with Crippen molar-refractivity contribution in [3.63, 3.8) is 0 Å². The Morgan fingerprint density at radius 2 is 2.00 bits per heavy atom. The quantitative estimate of drug-likeness (QED) is 0.664. The Morgan fingerprint density at radius 3 is 2.61 bits per heavy atom. The van der Waals surface area contributed by atoms with E-state index in [-0.39, 0.29) is 12.5 Å². The van der Waals surface area contributed by atoms with E-state index >= 15 is 0 Å². The van der Waals surface area contributed by atoms with Crippen molar-refractivity contribution in [2.75, 3.05) is 32.9 Å². The fourth-order valence-corrected chi connectivity index (χ4v) is 2.78. The number of nitrogens with one attached hydrogen (secondary N) is 2. The van der Waals surface area contributed by atoms with Crippen molar-refractivity contribution in [1.29, 1.82) is 0 Å². The van der Waals surface area contributed by atoms with Crippen LogP contribution in [0, 0.1) is 5.92 Å². The van der Waals surface area contributed by atoms with Crippen LogP contribution in [-0.2, 0) is 9.53 Å². The van der Waals surface area contributed by atoms with Crippen LogP contribution in [0.3, 0.4) is 0 Å². The van der Waals surface area contributed by atoms with E-state index in [1.807, 2.05) is 0 Å². The first-order chi connectivity index (χ1) is 8.74. The van der Waals surface area contributed by atoms with Crippen molar-refractivity contribution in [1.82, 2.24) is 10.6 Å². The van der Waals surface area contributed by atoms with Crippen molar-refractivity contribution in [2.24, 2.45) is 5.92 Å². The van der Waals surface area contributed by atoms with Crippen molar-refractivity contribution >= 4 is 5.91 Å². The van der Waals surface area contributed by atoms with Crippen LogP contribution in [-0.4, -0.2) is 49.5 Å². The normalized spacial score (nSPS) is 24.7. The molecule has 0 spiro atoms. The van der Waals surface area contributed by atoms with Crippen LogP contribution in [0.25, 0.3) is 0 Å². The van der Waals surface area contributed by atoms with E-state index in [1.165, 1.54) is 0 Å². The van der Waals surface area contributed by atoms with Crippen LogP contribution in [0.1, 0.15) is 32.1 Å². The van der Waals surface area contributed by atoms with E-state index in [0.717, 1.165) is 25.9 Å². The van der Waals surface area contributed by atoms with E-state index in [0.29, 0.717) is 38.4 Å². The molecule has 18 heavy (non-hydrogen) atoms. The van der Waals surface area contributed by atoms with E-state index in [2.05, 4.69) is 10.6 Å². The molecule has 2 saturated heterocycles. The average molecular weight is 256 g/mol. The molecule has 104 valence electrons. The Bertz CT molecular complexity index is 271. The number of hydrogen-bond donors (Lipinski definition) is 3. The molecule has 2 heterocycles. The number of aliphatic hydroxyl groups is 1. The highest BCUT2D eigenvalue weighted by atomic mass is 16.5. The van der Waals surface area contributed by atoms with Gasteiger partial charge in [0, 0.05) is 19.6 Å². The van der Waals surface area contributed by atoms with Gasteiger partial charge in [-0.2, -0.15) is 0 Å². The van der Waals surface area contributed by atoms with Crippen LogP contribution >= 0.6 is 0 Å². The molecule has 5 heteroatoms. The molecular formula is C13H24N2O3. The van der Waals surface area contributed by atoms with Gasteiger partial charge < -0.3 is 20.5 Å². The lowest BCUT2D eigenvalue weighted by atomic mass is 9.89. The minimum Gasteiger partial charge on any atom is -0.394 e. The average Bonchev–Trinajstić information content (AvgIpc) is 2.41. The van der Waals surface area contributed by atoms with E-state index in [4.69, 9.17) is 4.74 Å². The zero-order valence-electron chi connectivity index (χ0n) is 10.9. The van der Waals surface area contributed by atoms with Gasteiger partial charge in [0.15, 0.2) is 0 Å². The molecule has 2 aliphatic heterocycles. The van der Waals surface area contributed by atoms with Crippen LogP contribution in [0.4, 0.5) is 0 Å². The van der Waals surface area contributed by atoms with Crippen molar-refractivity contribution in [3.8, 4) is 0 Å². The summed E-state index contributed by atoms with van der Waals surface area (Å²) < 4.78 is 5.29. The first kappa shape index (κ1) is 13.8. The van der Waals surface area contributed by atoms with Crippen LogP contribution in [0.2, 0.25) is 0 Å². The summed E-state index contributed by atoms with van der Waals surface area (Å²) in [7, 11) is 0. The Labute approximate surface area is 108 Å². The number of carbonyl (C=O) groups excluding carboxylic acids is 1. The minimum absolute atomic E-state index is 0.00826. The Morgan fingerprint density at radius 1 is 1.33 bits per heavy atom. The van der Waals surface area contributed by atoms with Gasteiger partial charge in [-0.15, -0.1) is 0 Å². The number of aliphatic hydroxyl groups excluding tert-OH is 1. The monoisotopic (exact) mass is 256 g/mol. The van der Waals surface area contributed by atoms with Crippen molar-refractivity contribution in [3.05, 3.63) is 0 Å². The van der Waals surface area contributed by atoms with Crippen LogP contribution in [0.15, 0.2) is 0 Å². The molecule has 2 rings (SSSR count). The number of rotatable bonds is 4. The molecule has 3 N–H and O–H groups in total. The SMILES string of the molecule is O=C(CC1CCNCC1)NC1(CO)CCOCC1. The highest BCUT2D eigenvalue weighted by molar-refractivity contribution is 5.77. The van der Waals surface area contributed by atoms with Gasteiger partial charge in [-0.3, -0.25) is 4.79 Å². The second-order valence-corrected chi connectivity index (χ2v) is 5.50. The smallest absolute Gasteiger partial charge is 0.220 e. The summed E-state index contributed by atoms with van der Waals surface area (Å²) in [6, 6.07) is 0. The summed E-state index contributed by atoms with van der Waals surface area (Å²) in [4.78, 5) is 12.1. The summed E-state index contributed by atoms with van der Waals surface area (Å²) in [5.41, 5.74) is -0.442. The van der Waals surface area contributed by atoms with Gasteiger partial charge in [-0.25, -0.2) is 0 Å². The molecule has 0 aliphatic carbocycles. The Balaban J connectivity index is 1.81. The molecular weight excluding hydrogens is 232 g/mol. The third-order valence-electron chi connectivity index (χ3n) is 4.09. The molecule has 5 nitrogen and oxygen atoms in total. The molecule has 0 radical (unpaired) electrons. The largest absolute Gasteiger partial charge is 0.394 e. The lowest BCUT2D eigenvalue weighted by Crippen LogP contribution is -2.55. The zero-order valence-corrected chi connectivity index (χ0v) is 10.9. The maximum absolute atomic E-state index is 12.1. The third kappa shape index (κ3) is 3.67. The molecule has 0 atom stereocenters. The number of piperidine rings is 1. The second-order valence-electron chi connectivity index (χ2n) is 5.50. The predicted molar refractivity (Wildman–Crippen MR) is 68.2 cm³/mol. The van der Waals surface area contributed by atoms with Gasteiger partial charge in [-0.1, -0.05) is 0 Å². The maximum atomic E-state index is 12.1. The van der Waals surface area contributed by atoms with Crippen molar-refractivity contribution < 1.29 is 14.6 Å². The Kier molecular flexibility index (Phi) is 4.97. The molecule has 0 saturated carbocycles. The lowest BCUT2D eigenvalue weighted by molar-refractivity contribution is -0.126. The zero-order chi connectivity index (χ0) is 12.8. The van der Waals surface area contributed by atoms with Gasteiger partial charge in [-0.05, 0) is 44.7 Å². The van der Waals surface area contributed by atoms with Gasteiger partial charge >= 0.3 is 0 Å². The van der Waals surface area contributed by atoms with E-state index in [9.17, 15) is 9.90 Å².